The van der Waals surface area contributed by atoms with Crippen LogP contribution in [0.5, 0.6) is 0 Å². The second-order valence-corrected chi connectivity index (χ2v) is 4.07. The Balaban J connectivity index is 2.53. The van der Waals surface area contributed by atoms with Gasteiger partial charge in [-0.25, -0.2) is 0 Å². The predicted octanol–water partition coefficient (Wildman–Crippen LogP) is 4.02. The number of aromatic amines is 1. The van der Waals surface area contributed by atoms with E-state index in [9.17, 15) is 4.79 Å². The smallest absolute Gasteiger partial charge is 0.210 e. The molecule has 0 amide bonds. The molecule has 2 nitrogen and oxygen atoms in total. The molecule has 18 heavy (non-hydrogen) atoms. The van der Waals surface area contributed by atoms with Crippen molar-refractivity contribution >= 4 is 17.4 Å². The van der Waals surface area contributed by atoms with Gasteiger partial charge < -0.3 is 4.98 Å². The van der Waals surface area contributed by atoms with Gasteiger partial charge >= 0.3 is 0 Å². The number of carbonyl (C=O) groups is 1. The van der Waals surface area contributed by atoms with Crippen molar-refractivity contribution in [2.75, 3.05) is 0 Å². The molecule has 2 aromatic rings. The molecule has 0 atom stereocenters. The van der Waals surface area contributed by atoms with Gasteiger partial charge in [-0.15, -0.1) is 0 Å². The van der Waals surface area contributed by atoms with E-state index in [1.54, 1.807) is 36.5 Å². The molecule has 1 N–H and O–H groups in total. The van der Waals surface area contributed by atoms with E-state index in [0.29, 0.717) is 16.3 Å². The lowest BCUT2D eigenvalue weighted by atomic mass is 10.1. The van der Waals surface area contributed by atoms with Crippen LogP contribution in [0.2, 0.25) is 5.02 Å². The molecule has 90 valence electrons. The van der Waals surface area contributed by atoms with E-state index in [1.165, 1.54) is 0 Å². The first-order chi connectivity index (χ1) is 8.79. The minimum Gasteiger partial charge on any atom is -0.357 e. The van der Waals surface area contributed by atoms with Gasteiger partial charge in [-0.2, -0.15) is 0 Å². The van der Waals surface area contributed by atoms with Crippen LogP contribution in [-0.2, 0) is 0 Å². The largest absolute Gasteiger partial charge is 0.357 e. The highest BCUT2D eigenvalue weighted by atomic mass is 35.5. The molecule has 1 heterocycles. The maximum atomic E-state index is 12.3. The Morgan fingerprint density at radius 2 is 1.50 bits per heavy atom. The summed E-state index contributed by atoms with van der Waals surface area (Å²) in [4.78, 5) is 15.2. The summed E-state index contributed by atoms with van der Waals surface area (Å²) in [5.41, 5.74) is 0.978. The maximum absolute atomic E-state index is 12.3. The molecule has 0 saturated carbocycles. The SMILES string of the molecule is O=C(c1ccccc1)c1[nH]ccccccc1Cl. The molecule has 0 bridgehead atoms. The van der Waals surface area contributed by atoms with E-state index in [4.69, 9.17) is 11.6 Å². The van der Waals surface area contributed by atoms with E-state index in [-0.39, 0.29) is 5.78 Å². The van der Waals surface area contributed by atoms with Gasteiger partial charge in [0.05, 0.1) is 5.02 Å². The van der Waals surface area contributed by atoms with E-state index < -0.39 is 0 Å². The lowest BCUT2D eigenvalue weighted by Crippen LogP contribution is -2.03. The van der Waals surface area contributed by atoms with Crippen LogP contribution in [0.25, 0.3) is 0 Å². The van der Waals surface area contributed by atoms with Gasteiger partial charge in [0.2, 0.25) is 5.78 Å². The Kier molecular flexibility index (Phi) is 4.15. The van der Waals surface area contributed by atoms with Gasteiger partial charge in [0, 0.05) is 11.8 Å². The molecule has 0 aliphatic heterocycles. The van der Waals surface area contributed by atoms with Crippen LogP contribution < -0.4 is 0 Å². The highest BCUT2D eigenvalue weighted by molar-refractivity contribution is 6.34. The van der Waals surface area contributed by atoms with E-state index >= 15 is 0 Å². The summed E-state index contributed by atoms with van der Waals surface area (Å²) in [6.07, 6.45) is 1.68. The van der Waals surface area contributed by atoms with Gasteiger partial charge in [-0.05, 0) is 12.1 Å². The molecule has 1 aromatic heterocycles. The quantitative estimate of drug-likeness (QED) is 0.810. The summed E-state index contributed by atoms with van der Waals surface area (Å²) < 4.78 is 0. The van der Waals surface area contributed by atoms with E-state index in [2.05, 4.69) is 4.98 Å². The fourth-order valence-corrected chi connectivity index (χ4v) is 1.73. The Labute approximate surface area is 111 Å². The Bertz CT molecular complexity index is 588. The maximum Gasteiger partial charge on any atom is 0.210 e. The molecular formula is C15H12ClNO. The number of carbonyl (C=O) groups excluding carboxylic acids is 1. The highest BCUT2D eigenvalue weighted by Crippen LogP contribution is 2.15. The topological polar surface area (TPSA) is 32.9 Å². The highest BCUT2D eigenvalue weighted by Gasteiger charge is 2.10. The summed E-state index contributed by atoms with van der Waals surface area (Å²) >= 11 is 6.12. The summed E-state index contributed by atoms with van der Waals surface area (Å²) in [6.45, 7) is 0. The number of benzene rings is 1. The van der Waals surface area contributed by atoms with Crippen molar-refractivity contribution in [3.8, 4) is 0 Å². The molecule has 0 fully saturated rings. The fraction of sp³-hybridized carbons (Fsp3) is 0. The first-order valence-corrected chi connectivity index (χ1v) is 5.93. The zero-order valence-electron chi connectivity index (χ0n) is 9.64. The minimum absolute atomic E-state index is 0.128. The molecule has 0 spiro atoms. The molecule has 2 rings (SSSR count). The van der Waals surface area contributed by atoms with Crippen LogP contribution in [0.4, 0.5) is 0 Å². The van der Waals surface area contributed by atoms with E-state index in [1.807, 2.05) is 30.3 Å². The average Bonchev–Trinajstić information content (AvgIpc) is 2.51. The fourth-order valence-electron chi connectivity index (χ4n) is 1.52. The molecular weight excluding hydrogens is 246 g/mol. The van der Waals surface area contributed by atoms with Gasteiger partial charge in [0.15, 0.2) is 0 Å². The minimum atomic E-state index is -0.128. The molecule has 0 unspecified atom stereocenters. The summed E-state index contributed by atoms with van der Waals surface area (Å²) in [5, 5.41) is 0.389. The summed E-state index contributed by atoms with van der Waals surface area (Å²) in [7, 11) is 0. The Morgan fingerprint density at radius 3 is 2.28 bits per heavy atom. The molecule has 3 heteroatoms. The van der Waals surface area contributed by atoms with Crippen LogP contribution in [0.15, 0.2) is 66.9 Å². The van der Waals surface area contributed by atoms with Crippen LogP contribution in [0.3, 0.4) is 0 Å². The number of aromatic nitrogens is 1. The summed E-state index contributed by atoms with van der Waals surface area (Å²) in [5.74, 6) is -0.128. The lowest BCUT2D eigenvalue weighted by molar-refractivity contribution is 0.103. The third kappa shape index (κ3) is 2.99. The lowest BCUT2D eigenvalue weighted by Gasteiger charge is -2.01. The number of ketones is 1. The number of nitrogens with one attached hydrogen (secondary N) is 1. The van der Waals surface area contributed by atoms with Crippen LogP contribution in [0.1, 0.15) is 16.1 Å². The number of halogens is 1. The predicted molar refractivity (Wildman–Crippen MR) is 73.3 cm³/mol. The second-order valence-electron chi connectivity index (χ2n) is 3.67. The number of hydrogen-bond acceptors (Lipinski definition) is 1. The van der Waals surface area contributed by atoms with Crippen molar-refractivity contribution in [3.63, 3.8) is 0 Å². The number of rotatable bonds is 2. The first kappa shape index (κ1) is 12.4. The monoisotopic (exact) mass is 257 g/mol. The van der Waals surface area contributed by atoms with Crippen molar-refractivity contribution in [3.05, 3.63) is 83.1 Å². The molecule has 1 aromatic carbocycles. The Morgan fingerprint density at radius 1 is 0.889 bits per heavy atom. The van der Waals surface area contributed by atoms with Crippen molar-refractivity contribution in [2.45, 2.75) is 0 Å². The molecule has 0 radical (unpaired) electrons. The normalized spacial score (nSPS) is 9.61. The third-order valence-corrected chi connectivity index (χ3v) is 2.72. The van der Waals surface area contributed by atoms with E-state index in [0.717, 1.165) is 0 Å². The van der Waals surface area contributed by atoms with Crippen molar-refractivity contribution in [2.24, 2.45) is 0 Å². The molecule has 0 aliphatic carbocycles. The van der Waals surface area contributed by atoms with Crippen LogP contribution in [-0.4, -0.2) is 10.8 Å². The second kappa shape index (κ2) is 6.03. The van der Waals surface area contributed by atoms with Crippen LogP contribution >= 0.6 is 11.6 Å². The van der Waals surface area contributed by atoms with Crippen molar-refractivity contribution in [1.29, 1.82) is 0 Å². The number of hydrogen-bond donors (Lipinski definition) is 1. The standard InChI is InChI=1S/C15H12ClNO/c16-13-10-6-1-2-7-11-17-14(13)15(18)12-8-4-3-5-9-12/h1-11,17H. The van der Waals surface area contributed by atoms with Crippen molar-refractivity contribution in [1.82, 2.24) is 4.98 Å². The Hall–Kier alpha value is -2.06. The zero-order chi connectivity index (χ0) is 12.8. The molecule has 0 saturated heterocycles. The van der Waals surface area contributed by atoms with Gasteiger partial charge in [0.1, 0.15) is 5.69 Å². The average molecular weight is 258 g/mol. The molecule has 0 aliphatic rings. The zero-order valence-corrected chi connectivity index (χ0v) is 10.4. The first-order valence-electron chi connectivity index (χ1n) is 5.55. The van der Waals surface area contributed by atoms with Gasteiger partial charge in [-0.3, -0.25) is 4.79 Å². The van der Waals surface area contributed by atoms with Gasteiger partial charge in [0.25, 0.3) is 0 Å². The van der Waals surface area contributed by atoms with Crippen molar-refractivity contribution < 1.29 is 4.79 Å². The van der Waals surface area contributed by atoms with Crippen LogP contribution in [0, 0.1) is 0 Å². The third-order valence-electron chi connectivity index (χ3n) is 2.40. The number of H-pyrrole nitrogens is 1. The van der Waals surface area contributed by atoms with Gasteiger partial charge in [-0.1, -0.05) is 60.1 Å². The summed E-state index contributed by atoms with van der Waals surface area (Å²) in [6, 6.07) is 18.0.